The summed E-state index contributed by atoms with van der Waals surface area (Å²) in [5, 5.41) is 3.91. The zero-order valence-corrected chi connectivity index (χ0v) is 14.7. The number of nitrogens with zero attached hydrogens (tertiary/aromatic N) is 5. The molecule has 4 heterocycles. The Balaban J connectivity index is 1.57. The standard InChI is InChI=1S/C17H20N6O3/c1-10-13(11(2)26-21-10)6-15(24)22-5-3-4-12(8-22)23-16-14(20-17(23)25)7-18-9-19-16/h7,9,12H,3-6,8H2,1-2H3,(H,20,25). The molecule has 1 aliphatic heterocycles. The molecule has 0 aromatic carbocycles. The van der Waals surface area contributed by atoms with Crippen molar-refractivity contribution in [1.29, 1.82) is 0 Å². The minimum Gasteiger partial charge on any atom is -0.361 e. The first-order valence-electron chi connectivity index (χ1n) is 8.64. The summed E-state index contributed by atoms with van der Waals surface area (Å²) >= 11 is 0. The summed E-state index contributed by atoms with van der Waals surface area (Å²) in [6.07, 6.45) is 4.94. The Hall–Kier alpha value is -2.97. The van der Waals surface area contributed by atoms with Crippen LogP contribution in [0.25, 0.3) is 11.2 Å². The van der Waals surface area contributed by atoms with Crippen molar-refractivity contribution in [1.82, 2.24) is 29.6 Å². The van der Waals surface area contributed by atoms with Crippen LogP contribution in [0.3, 0.4) is 0 Å². The number of carbonyl (C=O) groups excluding carboxylic acids is 1. The van der Waals surface area contributed by atoms with Crippen LogP contribution in [0.2, 0.25) is 0 Å². The molecule has 1 saturated heterocycles. The second-order valence-corrected chi connectivity index (χ2v) is 6.68. The van der Waals surface area contributed by atoms with Gasteiger partial charge in [0.05, 0.1) is 24.4 Å². The summed E-state index contributed by atoms with van der Waals surface area (Å²) in [6, 6.07) is -0.103. The van der Waals surface area contributed by atoms with Crippen LogP contribution in [-0.4, -0.2) is 48.6 Å². The fraction of sp³-hybridized carbons (Fsp3) is 0.471. The van der Waals surface area contributed by atoms with E-state index in [0.717, 1.165) is 24.1 Å². The fourth-order valence-corrected chi connectivity index (χ4v) is 3.62. The molecule has 1 atom stereocenters. The molecule has 0 bridgehead atoms. The maximum Gasteiger partial charge on any atom is 0.328 e. The van der Waals surface area contributed by atoms with E-state index in [1.807, 2.05) is 18.7 Å². The number of aromatic amines is 1. The van der Waals surface area contributed by atoms with E-state index in [9.17, 15) is 9.59 Å². The SMILES string of the molecule is Cc1noc(C)c1CC(=O)N1CCCC(n2c(=O)[nH]c3cncnc32)C1. The number of carbonyl (C=O) groups is 1. The lowest BCUT2D eigenvalue weighted by Gasteiger charge is -2.33. The largest absolute Gasteiger partial charge is 0.361 e. The van der Waals surface area contributed by atoms with Gasteiger partial charge in [0.15, 0.2) is 5.65 Å². The highest BCUT2D eigenvalue weighted by Crippen LogP contribution is 2.24. The zero-order chi connectivity index (χ0) is 18.3. The Morgan fingerprint density at radius 2 is 2.27 bits per heavy atom. The molecule has 26 heavy (non-hydrogen) atoms. The van der Waals surface area contributed by atoms with Crippen LogP contribution < -0.4 is 5.69 Å². The maximum absolute atomic E-state index is 12.8. The van der Waals surface area contributed by atoms with Gasteiger partial charge in [0.25, 0.3) is 0 Å². The van der Waals surface area contributed by atoms with Crippen molar-refractivity contribution in [2.24, 2.45) is 0 Å². The van der Waals surface area contributed by atoms with E-state index in [4.69, 9.17) is 4.52 Å². The van der Waals surface area contributed by atoms with Crippen LogP contribution in [0.15, 0.2) is 21.8 Å². The molecule has 1 fully saturated rings. The Labute approximate surface area is 149 Å². The van der Waals surface area contributed by atoms with Gasteiger partial charge in [-0.3, -0.25) is 9.36 Å². The summed E-state index contributed by atoms with van der Waals surface area (Å²) in [4.78, 5) is 37.9. The van der Waals surface area contributed by atoms with Gasteiger partial charge < -0.3 is 14.4 Å². The highest BCUT2D eigenvalue weighted by Gasteiger charge is 2.28. The van der Waals surface area contributed by atoms with E-state index in [0.29, 0.717) is 30.0 Å². The number of H-pyrrole nitrogens is 1. The molecule has 136 valence electrons. The monoisotopic (exact) mass is 356 g/mol. The highest BCUT2D eigenvalue weighted by atomic mass is 16.5. The summed E-state index contributed by atoms with van der Waals surface area (Å²) < 4.78 is 6.79. The molecule has 1 amide bonds. The molecule has 3 aromatic rings. The molecule has 0 saturated carbocycles. The van der Waals surface area contributed by atoms with E-state index < -0.39 is 0 Å². The molecule has 1 aliphatic rings. The first-order valence-corrected chi connectivity index (χ1v) is 8.64. The second kappa shape index (κ2) is 6.40. The smallest absolute Gasteiger partial charge is 0.328 e. The fourth-order valence-electron chi connectivity index (χ4n) is 3.62. The highest BCUT2D eigenvalue weighted by molar-refractivity contribution is 5.79. The first-order chi connectivity index (χ1) is 12.5. The van der Waals surface area contributed by atoms with E-state index in [2.05, 4.69) is 20.1 Å². The molecule has 9 heteroatoms. The third-order valence-corrected chi connectivity index (χ3v) is 5.00. The van der Waals surface area contributed by atoms with Crippen molar-refractivity contribution < 1.29 is 9.32 Å². The molecule has 0 spiro atoms. The van der Waals surface area contributed by atoms with Crippen molar-refractivity contribution in [3.8, 4) is 0 Å². The average molecular weight is 356 g/mol. The number of amides is 1. The Morgan fingerprint density at radius 3 is 3.04 bits per heavy atom. The van der Waals surface area contributed by atoms with Gasteiger partial charge in [-0.05, 0) is 26.7 Å². The average Bonchev–Trinajstić information content (AvgIpc) is 3.14. The predicted molar refractivity (Wildman–Crippen MR) is 92.7 cm³/mol. The number of rotatable bonds is 3. The summed E-state index contributed by atoms with van der Waals surface area (Å²) in [7, 11) is 0. The van der Waals surface area contributed by atoms with Gasteiger partial charge in [-0.1, -0.05) is 5.16 Å². The number of aryl methyl sites for hydroxylation is 2. The molecule has 9 nitrogen and oxygen atoms in total. The predicted octanol–water partition coefficient (Wildman–Crippen LogP) is 1.13. The third kappa shape index (κ3) is 2.79. The third-order valence-electron chi connectivity index (χ3n) is 5.00. The number of likely N-dealkylation sites (tertiary alicyclic amines) is 1. The van der Waals surface area contributed by atoms with Gasteiger partial charge in [0, 0.05) is 18.7 Å². The van der Waals surface area contributed by atoms with Gasteiger partial charge in [0.1, 0.15) is 17.6 Å². The lowest BCUT2D eigenvalue weighted by Crippen LogP contribution is -2.43. The molecule has 1 unspecified atom stereocenters. The number of nitrogens with one attached hydrogen (secondary N) is 1. The van der Waals surface area contributed by atoms with Crippen LogP contribution in [0.1, 0.15) is 35.9 Å². The molecule has 0 radical (unpaired) electrons. The summed E-state index contributed by atoms with van der Waals surface area (Å²) in [5.74, 6) is 0.695. The van der Waals surface area contributed by atoms with Crippen LogP contribution in [0, 0.1) is 13.8 Å². The molecule has 4 rings (SSSR count). The summed E-state index contributed by atoms with van der Waals surface area (Å²) in [6.45, 7) is 4.82. The minimum atomic E-state index is -0.217. The molecule has 0 aliphatic carbocycles. The molecule has 3 aromatic heterocycles. The van der Waals surface area contributed by atoms with Crippen LogP contribution in [0.4, 0.5) is 0 Å². The molecule has 1 N–H and O–H groups in total. The van der Waals surface area contributed by atoms with Gasteiger partial charge in [-0.25, -0.2) is 14.8 Å². The van der Waals surface area contributed by atoms with E-state index in [1.54, 1.807) is 10.8 Å². The number of hydrogen-bond donors (Lipinski definition) is 1. The zero-order valence-electron chi connectivity index (χ0n) is 14.7. The Kier molecular flexibility index (Phi) is 4.06. The van der Waals surface area contributed by atoms with Crippen molar-refractivity contribution in [3.05, 3.63) is 40.0 Å². The normalized spacial score (nSPS) is 17.8. The summed E-state index contributed by atoms with van der Waals surface area (Å²) in [5.41, 5.74) is 2.56. The number of fused-ring (bicyclic) bond motifs is 1. The Bertz CT molecular complexity index is 998. The number of piperidine rings is 1. The van der Waals surface area contributed by atoms with Crippen LogP contribution >= 0.6 is 0 Å². The van der Waals surface area contributed by atoms with E-state index in [1.165, 1.54) is 6.33 Å². The lowest BCUT2D eigenvalue weighted by atomic mass is 10.0. The maximum atomic E-state index is 12.8. The number of imidazole rings is 1. The topological polar surface area (TPSA) is 110 Å². The van der Waals surface area contributed by atoms with Gasteiger partial charge >= 0.3 is 5.69 Å². The lowest BCUT2D eigenvalue weighted by molar-refractivity contribution is -0.132. The number of hydrogen-bond acceptors (Lipinski definition) is 6. The van der Waals surface area contributed by atoms with Gasteiger partial charge in [0.2, 0.25) is 5.91 Å². The quantitative estimate of drug-likeness (QED) is 0.753. The minimum absolute atomic E-state index is 0.0200. The van der Waals surface area contributed by atoms with Crippen molar-refractivity contribution >= 4 is 17.1 Å². The van der Waals surface area contributed by atoms with Crippen molar-refractivity contribution in [2.75, 3.05) is 13.1 Å². The number of aromatic nitrogens is 5. The molecular formula is C17H20N6O3. The molecular weight excluding hydrogens is 336 g/mol. The van der Waals surface area contributed by atoms with Crippen molar-refractivity contribution in [3.63, 3.8) is 0 Å². The van der Waals surface area contributed by atoms with E-state index in [-0.39, 0.29) is 24.1 Å². The van der Waals surface area contributed by atoms with E-state index >= 15 is 0 Å². The Morgan fingerprint density at radius 1 is 1.42 bits per heavy atom. The first kappa shape index (κ1) is 16.5. The second-order valence-electron chi connectivity index (χ2n) is 6.68. The van der Waals surface area contributed by atoms with Crippen LogP contribution in [-0.2, 0) is 11.2 Å². The van der Waals surface area contributed by atoms with Gasteiger partial charge in [-0.2, -0.15) is 0 Å². The van der Waals surface area contributed by atoms with Crippen molar-refractivity contribution in [2.45, 2.75) is 39.2 Å². The van der Waals surface area contributed by atoms with Gasteiger partial charge in [-0.15, -0.1) is 0 Å². The van der Waals surface area contributed by atoms with Crippen LogP contribution in [0.5, 0.6) is 0 Å².